The van der Waals surface area contributed by atoms with E-state index in [-0.39, 0.29) is 28.5 Å². The van der Waals surface area contributed by atoms with Crippen LogP contribution in [-0.4, -0.2) is 28.1 Å². The summed E-state index contributed by atoms with van der Waals surface area (Å²) in [5, 5.41) is 3.35. The Hall–Kier alpha value is -2.81. The highest BCUT2D eigenvalue weighted by Gasteiger charge is 2.38. The predicted molar refractivity (Wildman–Crippen MR) is 96.0 cm³/mol. The zero-order valence-corrected chi connectivity index (χ0v) is 14.8. The van der Waals surface area contributed by atoms with Crippen LogP contribution in [0, 0.1) is 0 Å². The van der Waals surface area contributed by atoms with Gasteiger partial charge in [0.25, 0.3) is 0 Å². The molecule has 10 heteroatoms. The Balaban J connectivity index is 1.95. The molecule has 1 aliphatic rings. The first kappa shape index (κ1) is 18.5. The van der Waals surface area contributed by atoms with Crippen LogP contribution in [0.15, 0.2) is 47.3 Å². The number of fused-ring (bicyclic) bond motifs is 1. The molecule has 0 radical (unpaired) electrons. The molecular formula is C18H12ClF4N3O2. The van der Waals surface area contributed by atoms with Crippen molar-refractivity contribution in [1.29, 1.82) is 0 Å². The average Bonchev–Trinajstić information content (AvgIpc) is 3.29. The van der Waals surface area contributed by atoms with E-state index in [0.29, 0.717) is 5.39 Å². The molecule has 1 fully saturated rings. The molecule has 0 bridgehead atoms. The van der Waals surface area contributed by atoms with Crippen molar-refractivity contribution in [3.05, 3.63) is 58.0 Å². The van der Waals surface area contributed by atoms with E-state index in [2.05, 4.69) is 15.0 Å². The summed E-state index contributed by atoms with van der Waals surface area (Å²) in [6, 6.07) is 9.35. The molecule has 0 amide bonds. The molecular weight excluding hydrogens is 402 g/mol. The van der Waals surface area contributed by atoms with Gasteiger partial charge in [0, 0.05) is 17.9 Å². The Labute approximate surface area is 160 Å². The van der Waals surface area contributed by atoms with Crippen LogP contribution in [0.25, 0.3) is 16.6 Å². The number of rotatable bonds is 4. The first-order chi connectivity index (χ1) is 13.2. The van der Waals surface area contributed by atoms with E-state index < -0.39 is 30.0 Å². The lowest BCUT2D eigenvalue weighted by Crippen LogP contribution is -2.24. The SMILES string of the molecule is O=c1nc(N[C@@H]2C[C@@H]2F)c2ccc(OC(F)(F)F)cc2n1-c1ccccc1Cl. The fourth-order valence-corrected chi connectivity index (χ4v) is 3.09. The van der Waals surface area contributed by atoms with Crippen LogP contribution in [0.1, 0.15) is 6.42 Å². The number of hydrogen-bond acceptors (Lipinski definition) is 4. The molecule has 4 rings (SSSR count). The van der Waals surface area contributed by atoms with Gasteiger partial charge in [-0.05, 0) is 24.3 Å². The minimum absolute atomic E-state index is 0.0898. The van der Waals surface area contributed by atoms with Crippen molar-refractivity contribution < 1.29 is 22.3 Å². The van der Waals surface area contributed by atoms with E-state index in [0.717, 1.165) is 16.7 Å². The van der Waals surface area contributed by atoms with Crippen molar-refractivity contribution in [2.75, 3.05) is 5.32 Å². The first-order valence-corrected chi connectivity index (χ1v) is 8.59. The molecule has 1 N–H and O–H groups in total. The molecule has 1 aliphatic carbocycles. The molecule has 146 valence electrons. The summed E-state index contributed by atoms with van der Waals surface area (Å²) in [5.74, 6) is -0.417. The Bertz CT molecular complexity index is 1120. The van der Waals surface area contributed by atoms with E-state index in [1.165, 1.54) is 18.2 Å². The summed E-state index contributed by atoms with van der Waals surface area (Å²) in [6.45, 7) is 0. The minimum atomic E-state index is -4.90. The van der Waals surface area contributed by atoms with Gasteiger partial charge < -0.3 is 10.1 Å². The van der Waals surface area contributed by atoms with Gasteiger partial charge in [-0.2, -0.15) is 4.98 Å². The van der Waals surface area contributed by atoms with Crippen molar-refractivity contribution in [2.24, 2.45) is 0 Å². The Morgan fingerprint density at radius 3 is 2.57 bits per heavy atom. The summed E-state index contributed by atoms with van der Waals surface area (Å²) >= 11 is 6.17. The number of nitrogens with zero attached hydrogens (tertiary/aromatic N) is 2. The number of halogens is 5. The molecule has 1 aromatic heterocycles. The van der Waals surface area contributed by atoms with Crippen LogP contribution in [0.5, 0.6) is 5.75 Å². The van der Waals surface area contributed by atoms with Crippen LogP contribution in [-0.2, 0) is 0 Å². The third-order valence-electron chi connectivity index (χ3n) is 4.23. The second kappa shape index (κ2) is 6.66. The molecule has 5 nitrogen and oxygen atoms in total. The Morgan fingerprint density at radius 1 is 1.21 bits per heavy atom. The molecule has 0 saturated heterocycles. The largest absolute Gasteiger partial charge is 0.573 e. The lowest BCUT2D eigenvalue weighted by Gasteiger charge is -2.16. The van der Waals surface area contributed by atoms with Gasteiger partial charge in [0.1, 0.15) is 17.7 Å². The number of ether oxygens (including phenoxy) is 1. The van der Waals surface area contributed by atoms with Crippen molar-refractivity contribution in [3.8, 4) is 11.4 Å². The monoisotopic (exact) mass is 413 g/mol. The first-order valence-electron chi connectivity index (χ1n) is 8.21. The third-order valence-corrected chi connectivity index (χ3v) is 4.55. The van der Waals surface area contributed by atoms with Gasteiger partial charge in [0.15, 0.2) is 0 Å². The molecule has 1 heterocycles. The number of alkyl halides is 4. The maximum atomic E-state index is 13.3. The highest BCUT2D eigenvalue weighted by Crippen LogP contribution is 2.34. The van der Waals surface area contributed by atoms with E-state index in [1.807, 2.05) is 0 Å². The number of aromatic nitrogens is 2. The van der Waals surface area contributed by atoms with Crippen molar-refractivity contribution in [2.45, 2.75) is 25.0 Å². The summed E-state index contributed by atoms with van der Waals surface area (Å²) in [7, 11) is 0. The van der Waals surface area contributed by atoms with Crippen LogP contribution in [0.3, 0.4) is 0 Å². The highest BCUT2D eigenvalue weighted by atomic mass is 35.5. The summed E-state index contributed by atoms with van der Waals surface area (Å²) in [6.07, 6.45) is -5.69. The Kier molecular flexibility index (Phi) is 4.41. The van der Waals surface area contributed by atoms with Crippen molar-refractivity contribution >= 4 is 28.3 Å². The van der Waals surface area contributed by atoms with E-state index in [1.54, 1.807) is 12.1 Å². The van der Waals surface area contributed by atoms with Gasteiger partial charge in [-0.1, -0.05) is 23.7 Å². The zero-order valence-electron chi connectivity index (χ0n) is 14.0. The Morgan fingerprint density at radius 2 is 1.93 bits per heavy atom. The van der Waals surface area contributed by atoms with Crippen molar-refractivity contribution in [1.82, 2.24) is 9.55 Å². The second-order valence-electron chi connectivity index (χ2n) is 6.26. The lowest BCUT2D eigenvalue weighted by atomic mass is 10.2. The number of nitrogens with one attached hydrogen (secondary N) is 1. The zero-order chi connectivity index (χ0) is 20.1. The second-order valence-corrected chi connectivity index (χ2v) is 6.67. The van der Waals surface area contributed by atoms with Crippen molar-refractivity contribution in [3.63, 3.8) is 0 Å². The predicted octanol–water partition coefficient (Wildman–Crippen LogP) is 4.46. The maximum absolute atomic E-state index is 13.3. The summed E-state index contributed by atoms with van der Waals surface area (Å²) in [5.41, 5.74) is -0.436. The van der Waals surface area contributed by atoms with E-state index in [9.17, 15) is 22.4 Å². The maximum Gasteiger partial charge on any atom is 0.573 e. The fourth-order valence-electron chi connectivity index (χ4n) is 2.87. The van der Waals surface area contributed by atoms with Gasteiger partial charge in [0.2, 0.25) is 0 Å². The topological polar surface area (TPSA) is 56.1 Å². The molecule has 2 aromatic carbocycles. The summed E-state index contributed by atoms with van der Waals surface area (Å²) < 4.78 is 56.2. The number of para-hydroxylation sites is 1. The molecule has 0 aliphatic heterocycles. The normalized spacial score (nSPS) is 18.9. The molecule has 0 unspecified atom stereocenters. The van der Waals surface area contributed by atoms with E-state index in [4.69, 9.17) is 11.6 Å². The number of hydrogen-bond donors (Lipinski definition) is 1. The standard InChI is InChI=1S/C18H12ClF4N3O2/c19-11-3-1-2-4-14(11)26-15-7-9(28-18(21,22)23)5-6-10(15)16(25-17(26)27)24-13-8-12(13)20/h1-7,12-13H,8H2,(H,24,25,27)/t12-,13+/m0/s1. The highest BCUT2D eigenvalue weighted by molar-refractivity contribution is 6.32. The van der Waals surface area contributed by atoms with Gasteiger partial charge in [-0.15, -0.1) is 13.2 Å². The van der Waals surface area contributed by atoms with Crippen LogP contribution >= 0.6 is 11.6 Å². The molecule has 3 aromatic rings. The number of anilines is 1. The third kappa shape index (κ3) is 3.62. The van der Waals surface area contributed by atoms with Gasteiger partial charge >= 0.3 is 12.1 Å². The molecule has 2 atom stereocenters. The van der Waals surface area contributed by atoms with Gasteiger partial charge in [-0.3, -0.25) is 4.57 Å². The van der Waals surface area contributed by atoms with Crippen LogP contribution in [0.4, 0.5) is 23.4 Å². The quantitative estimate of drug-likeness (QED) is 0.642. The molecule has 1 saturated carbocycles. The molecule has 28 heavy (non-hydrogen) atoms. The molecule has 0 spiro atoms. The number of benzene rings is 2. The van der Waals surface area contributed by atoms with Crippen LogP contribution in [0.2, 0.25) is 5.02 Å². The minimum Gasteiger partial charge on any atom is -0.406 e. The van der Waals surface area contributed by atoms with Gasteiger partial charge in [0.05, 0.1) is 22.3 Å². The van der Waals surface area contributed by atoms with Crippen LogP contribution < -0.4 is 15.7 Å². The smallest absolute Gasteiger partial charge is 0.406 e. The lowest BCUT2D eigenvalue weighted by molar-refractivity contribution is -0.274. The van der Waals surface area contributed by atoms with Gasteiger partial charge in [-0.25, -0.2) is 9.18 Å². The fraction of sp³-hybridized carbons (Fsp3) is 0.222. The van der Waals surface area contributed by atoms with E-state index >= 15 is 0 Å². The average molecular weight is 414 g/mol. The summed E-state index contributed by atoms with van der Waals surface area (Å²) in [4.78, 5) is 16.6.